The molecule has 3 nitrogen and oxygen atoms in total. The number of amides is 1. The van der Waals surface area contributed by atoms with Crippen molar-refractivity contribution in [2.75, 3.05) is 13.1 Å². The van der Waals surface area contributed by atoms with Gasteiger partial charge in [-0.1, -0.05) is 0 Å². The van der Waals surface area contributed by atoms with E-state index in [1.54, 1.807) is 13.8 Å². The maximum absolute atomic E-state index is 12.1. The van der Waals surface area contributed by atoms with Gasteiger partial charge in [0.15, 0.2) is 0 Å². The lowest BCUT2D eigenvalue weighted by atomic mass is 10.2. The minimum atomic E-state index is -4.79. The Balaban J connectivity index is 4.42. The standard InChI is InChI=1S/C8H15F3N2O/c1-6(2)13(5-3-4-12)7(14)8(9,10)11/h6H,3-5,12H2,1-2H3. The van der Waals surface area contributed by atoms with Crippen LogP contribution in [-0.2, 0) is 4.79 Å². The topological polar surface area (TPSA) is 46.3 Å². The summed E-state index contributed by atoms with van der Waals surface area (Å²) in [6.07, 6.45) is -4.42. The van der Waals surface area contributed by atoms with E-state index in [2.05, 4.69) is 0 Å². The molecule has 0 aliphatic rings. The van der Waals surface area contributed by atoms with Gasteiger partial charge in [-0.25, -0.2) is 0 Å². The molecule has 0 heterocycles. The summed E-state index contributed by atoms with van der Waals surface area (Å²) < 4.78 is 36.2. The number of carbonyl (C=O) groups excluding carboxylic acids is 1. The molecule has 14 heavy (non-hydrogen) atoms. The van der Waals surface area contributed by atoms with Gasteiger partial charge < -0.3 is 10.6 Å². The van der Waals surface area contributed by atoms with Gasteiger partial charge in [-0.2, -0.15) is 13.2 Å². The van der Waals surface area contributed by atoms with Gasteiger partial charge in [-0.05, 0) is 26.8 Å². The van der Waals surface area contributed by atoms with Crippen LogP contribution in [0.4, 0.5) is 13.2 Å². The second-order valence-corrected chi connectivity index (χ2v) is 3.23. The maximum Gasteiger partial charge on any atom is 0.471 e. The van der Waals surface area contributed by atoms with E-state index >= 15 is 0 Å². The van der Waals surface area contributed by atoms with Crippen LogP contribution < -0.4 is 5.73 Å². The molecular formula is C8H15F3N2O. The third-order valence-corrected chi connectivity index (χ3v) is 1.73. The van der Waals surface area contributed by atoms with Gasteiger partial charge in [0, 0.05) is 12.6 Å². The molecule has 0 aromatic carbocycles. The Morgan fingerprint density at radius 3 is 2.21 bits per heavy atom. The summed E-state index contributed by atoms with van der Waals surface area (Å²) in [5.41, 5.74) is 5.17. The molecule has 0 aliphatic carbocycles. The molecule has 0 unspecified atom stereocenters. The summed E-state index contributed by atoms with van der Waals surface area (Å²) in [6, 6.07) is -0.462. The predicted octanol–water partition coefficient (Wildman–Crippen LogP) is 1.13. The number of hydrogen-bond donors (Lipinski definition) is 1. The fourth-order valence-corrected chi connectivity index (χ4v) is 1.02. The summed E-state index contributed by atoms with van der Waals surface area (Å²) in [5.74, 6) is -1.79. The highest BCUT2D eigenvalue weighted by atomic mass is 19.4. The van der Waals surface area contributed by atoms with Crippen molar-refractivity contribution in [3.05, 3.63) is 0 Å². The third-order valence-electron chi connectivity index (χ3n) is 1.73. The highest BCUT2D eigenvalue weighted by Crippen LogP contribution is 2.19. The zero-order chi connectivity index (χ0) is 11.4. The number of carbonyl (C=O) groups is 1. The molecule has 1 amide bonds. The minimum absolute atomic E-state index is 0.0481. The summed E-state index contributed by atoms with van der Waals surface area (Å²) in [4.78, 5) is 11.7. The molecule has 2 N–H and O–H groups in total. The molecule has 84 valence electrons. The normalized spacial score (nSPS) is 11.9. The molecule has 6 heteroatoms. The quantitative estimate of drug-likeness (QED) is 0.759. The first-order valence-corrected chi connectivity index (χ1v) is 4.38. The van der Waals surface area contributed by atoms with Crippen LogP contribution in [-0.4, -0.2) is 36.1 Å². The molecule has 0 atom stereocenters. The number of nitrogens with zero attached hydrogens (tertiary/aromatic N) is 1. The molecule has 0 bridgehead atoms. The van der Waals surface area contributed by atoms with E-state index in [4.69, 9.17) is 5.73 Å². The average molecular weight is 212 g/mol. The van der Waals surface area contributed by atoms with Crippen molar-refractivity contribution in [1.82, 2.24) is 4.90 Å². The van der Waals surface area contributed by atoms with Crippen molar-refractivity contribution in [2.45, 2.75) is 32.5 Å². The lowest BCUT2D eigenvalue weighted by Gasteiger charge is -2.27. The highest BCUT2D eigenvalue weighted by Gasteiger charge is 2.42. The summed E-state index contributed by atoms with van der Waals surface area (Å²) in [5, 5.41) is 0. The molecule has 0 saturated carbocycles. The SMILES string of the molecule is CC(C)N(CCCN)C(=O)C(F)(F)F. The first kappa shape index (κ1) is 13.2. The number of hydrogen-bond acceptors (Lipinski definition) is 2. The van der Waals surface area contributed by atoms with E-state index in [0.29, 0.717) is 6.42 Å². The average Bonchev–Trinajstić information content (AvgIpc) is 2.02. The molecule has 0 radical (unpaired) electrons. The second kappa shape index (κ2) is 5.19. The van der Waals surface area contributed by atoms with Gasteiger partial charge >= 0.3 is 12.1 Å². The van der Waals surface area contributed by atoms with Gasteiger partial charge in [-0.3, -0.25) is 4.79 Å². The Hall–Kier alpha value is -0.780. The van der Waals surface area contributed by atoms with Gasteiger partial charge in [0.2, 0.25) is 0 Å². The van der Waals surface area contributed by atoms with Crippen LogP contribution in [0.25, 0.3) is 0 Å². The first-order chi connectivity index (χ1) is 6.30. The zero-order valence-electron chi connectivity index (χ0n) is 8.27. The van der Waals surface area contributed by atoms with Gasteiger partial charge in [0.25, 0.3) is 0 Å². The lowest BCUT2D eigenvalue weighted by molar-refractivity contribution is -0.187. The van der Waals surface area contributed by atoms with Crippen molar-refractivity contribution in [1.29, 1.82) is 0 Å². The van der Waals surface area contributed by atoms with Crippen LogP contribution >= 0.6 is 0 Å². The lowest BCUT2D eigenvalue weighted by Crippen LogP contribution is -2.45. The number of nitrogens with two attached hydrogens (primary N) is 1. The Morgan fingerprint density at radius 1 is 1.43 bits per heavy atom. The summed E-state index contributed by atoms with van der Waals surface area (Å²) in [6.45, 7) is 3.40. The summed E-state index contributed by atoms with van der Waals surface area (Å²) >= 11 is 0. The van der Waals surface area contributed by atoms with Crippen molar-refractivity contribution >= 4 is 5.91 Å². The smallest absolute Gasteiger partial charge is 0.332 e. The fourth-order valence-electron chi connectivity index (χ4n) is 1.02. The highest BCUT2D eigenvalue weighted by molar-refractivity contribution is 5.82. The van der Waals surface area contributed by atoms with Crippen LogP contribution in [0.15, 0.2) is 0 Å². The van der Waals surface area contributed by atoms with E-state index in [-0.39, 0.29) is 13.1 Å². The maximum atomic E-state index is 12.1. The van der Waals surface area contributed by atoms with Crippen LogP contribution in [0.3, 0.4) is 0 Å². The molecular weight excluding hydrogens is 197 g/mol. The Morgan fingerprint density at radius 2 is 1.93 bits per heavy atom. The van der Waals surface area contributed by atoms with Crippen LogP contribution in [0.2, 0.25) is 0 Å². The van der Waals surface area contributed by atoms with E-state index in [0.717, 1.165) is 4.90 Å². The Kier molecular flexibility index (Phi) is 4.90. The van der Waals surface area contributed by atoms with Crippen molar-refractivity contribution in [3.8, 4) is 0 Å². The predicted molar refractivity (Wildman–Crippen MR) is 46.6 cm³/mol. The van der Waals surface area contributed by atoms with E-state index in [1.165, 1.54) is 0 Å². The van der Waals surface area contributed by atoms with Crippen molar-refractivity contribution in [3.63, 3.8) is 0 Å². The minimum Gasteiger partial charge on any atom is -0.332 e. The number of alkyl halides is 3. The first-order valence-electron chi connectivity index (χ1n) is 4.38. The van der Waals surface area contributed by atoms with Gasteiger partial charge in [0.1, 0.15) is 0 Å². The monoisotopic (exact) mass is 212 g/mol. The zero-order valence-corrected chi connectivity index (χ0v) is 8.27. The third kappa shape index (κ3) is 3.95. The second-order valence-electron chi connectivity index (χ2n) is 3.23. The fraction of sp³-hybridized carbons (Fsp3) is 0.875. The Labute approximate surface area is 81.1 Å². The molecule has 0 aromatic heterocycles. The largest absolute Gasteiger partial charge is 0.471 e. The van der Waals surface area contributed by atoms with Crippen LogP contribution in [0.5, 0.6) is 0 Å². The molecule has 0 aliphatic heterocycles. The van der Waals surface area contributed by atoms with E-state index in [9.17, 15) is 18.0 Å². The van der Waals surface area contributed by atoms with Gasteiger partial charge in [-0.15, -0.1) is 0 Å². The van der Waals surface area contributed by atoms with Crippen LogP contribution in [0, 0.1) is 0 Å². The summed E-state index contributed by atoms with van der Waals surface area (Å²) in [7, 11) is 0. The van der Waals surface area contributed by atoms with Crippen LogP contribution in [0.1, 0.15) is 20.3 Å². The van der Waals surface area contributed by atoms with E-state index < -0.39 is 18.1 Å². The van der Waals surface area contributed by atoms with Crippen molar-refractivity contribution in [2.24, 2.45) is 5.73 Å². The van der Waals surface area contributed by atoms with E-state index in [1.807, 2.05) is 0 Å². The molecule has 0 spiro atoms. The Bertz CT molecular complexity index is 192. The molecule has 0 saturated heterocycles. The van der Waals surface area contributed by atoms with Crippen molar-refractivity contribution < 1.29 is 18.0 Å². The molecule has 0 rings (SSSR count). The number of rotatable bonds is 4. The van der Waals surface area contributed by atoms with Gasteiger partial charge in [0.05, 0.1) is 0 Å². The molecule has 0 fully saturated rings. The number of halogens is 3. The molecule has 0 aromatic rings.